The third kappa shape index (κ3) is 6.25. The van der Waals surface area contributed by atoms with Crippen LogP contribution < -0.4 is 20.9 Å². The number of hydrogen-bond donors (Lipinski definition) is 3. The first-order valence-electron chi connectivity index (χ1n) is 12.8. The van der Waals surface area contributed by atoms with Crippen LogP contribution in [-0.4, -0.2) is 42.9 Å². The molecule has 0 fully saturated rings. The third-order valence-corrected chi connectivity index (χ3v) is 6.53. The molecule has 0 saturated heterocycles. The minimum Gasteiger partial charge on any atom is -0.481 e. The van der Waals surface area contributed by atoms with Crippen LogP contribution in [0.5, 0.6) is 5.88 Å². The normalized spacial score (nSPS) is 10.7. The second kappa shape index (κ2) is 11.7. The number of methoxy groups -OCH3 is 1. The number of carbonyl (C=O) groups is 1. The molecule has 0 aliphatic carbocycles. The highest BCUT2D eigenvalue weighted by Crippen LogP contribution is 2.26. The van der Waals surface area contributed by atoms with Gasteiger partial charge in [-0.25, -0.2) is 15.0 Å². The van der Waals surface area contributed by atoms with Crippen LogP contribution in [0, 0.1) is 20.8 Å². The van der Waals surface area contributed by atoms with Crippen LogP contribution in [0.1, 0.15) is 32.9 Å². The molecule has 0 atom stereocenters. The predicted octanol–water partition coefficient (Wildman–Crippen LogP) is 4.29. The summed E-state index contributed by atoms with van der Waals surface area (Å²) in [6, 6.07) is 12.4. The fourth-order valence-corrected chi connectivity index (χ4v) is 4.07. The van der Waals surface area contributed by atoms with E-state index in [-0.39, 0.29) is 17.2 Å². The lowest BCUT2D eigenvalue weighted by Crippen LogP contribution is -2.24. The fraction of sp³-hybridized carbons (Fsp3) is 0.167. The van der Waals surface area contributed by atoms with Crippen LogP contribution in [-0.2, 0) is 6.54 Å². The zero-order valence-electron chi connectivity index (χ0n) is 23.0. The number of nitrogens with one attached hydrogen (secondary N) is 3. The van der Waals surface area contributed by atoms with Gasteiger partial charge in [-0.15, -0.1) is 0 Å². The Bertz CT molecular complexity index is 1770. The van der Waals surface area contributed by atoms with E-state index in [0.29, 0.717) is 35.3 Å². The Morgan fingerprint density at radius 2 is 1.80 bits per heavy atom. The molecule has 11 nitrogen and oxygen atoms in total. The highest BCUT2D eigenvalue weighted by Gasteiger charge is 2.15. The first-order chi connectivity index (χ1) is 19.8. The van der Waals surface area contributed by atoms with Crippen molar-refractivity contribution in [1.82, 2.24) is 35.2 Å². The van der Waals surface area contributed by atoms with E-state index in [1.54, 1.807) is 50.1 Å². The van der Waals surface area contributed by atoms with Crippen molar-refractivity contribution in [3.05, 3.63) is 106 Å². The molecule has 0 saturated carbocycles. The molecule has 3 N–H and O–H groups in total. The van der Waals surface area contributed by atoms with Crippen molar-refractivity contribution < 1.29 is 9.53 Å². The first-order valence-corrected chi connectivity index (χ1v) is 12.8. The van der Waals surface area contributed by atoms with Crippen molar-refractivity contribution in [3.63, 3.8) is 0 Å². The van der Waals surface area contributed by atoms with Gasteiger partial charge in [0.15, 0.2) is 5.82 Å². The van der Waals surface area contributed by atoms with Gasteiger partial charge in [0.2, 0.25) is 11.4 Å². The average Bonchev–Trinajstić information content (AvgIpc) is 2.98. The lowest BCUT2D eigenvalue weighted by molar-refractivity contribution is 0.0946. The second-order valence-electron chi connectivity index (χ2n) is 9.38. The SMILES string of the molecule is COc1ccc(-c2ccc(CNC(=O)c3cc(C)c(-c4nc(C)c(C)c(Nc5cc[nH]c(=O)c5)n4)cn3)cn2)cn1. The van der Waals surface area contributed by atoms with Crippen molar-refractivity contribution >= 4 is 17.4 Å². The van der Waals surface area contributed by atoms with Gasteiger partial charge in [0.1, 0.15) is 11.5 Å². The lowest BCUT2D eigenvalue weighted by Gasteiger charge is -2.13. The Balaban J connectivity index is 1.27. The van der Waals surface area contributed by atoms with Crippen molar-refractivity contribution in [2.45, 2.75) is 27.3 Å². The molecule has 206 valence electrons. The van der Waals surface area contributed by atoms with Crippen molar-refractivity contribution in [3.8, 4) is 28.5 Å². The Labute approximate surface area is 236 Å². The molecule has 0 aliphatic rings. The second-order valence-corrected chi connectivity index (χ2v) is 9.38. The number of amides is 1. The summed E-state index contributed by atoms with van der Waals surface area (Å²) in [7, 11) is 1.57. The van der Waals surface area contributed by atoms with E-state index in [2.05, 4.69) is 40.5 Å². The van der Waals surface area contributed by atoms with Gasteiger partial charge >= 0.3 is 0 Å². The van der Waals surface area contributed by atoms with E-state index in [0.717, 1.165) is 33.6 Å². The molecular weight excluding hydrogens is 520 g/mol. The molecule has 41 heavy (non-hydrogen) atoms. The quantitative estimate of drug-likeness (QED) is 0.258. The number of ether oxygens (including phenoxy) is 1. The van der Waals surface area contributed by atoms with E-state index < -0.39 is 0 Å². The molecule has 11 heteroatoms. The number of H-pyrrole nitrogens is 1. The predicted molar refractivity (Wildman–Crippen MR) is 155 cm³/mol. The van der Waals surface area contributed by atoms with Gasteiger partial charge in [-0.3, -0.25) is 19.6 Å². The summed E-state index contributed by atoms with van der Waals surface area (Å²) in [5.74, 6) is 1.29. The van der Waals surface area contributed by atoms with Gasteiger partial charge in [-0.1, -0.05) is 6.07 Å². The van der Waals surface area contributed by atoms with Crippen LogP contribution in [0.3, 0.4) is 0 Å². The van der Waals surface area contributed by atoms with Crippen LogP contribution in [0.2, 0.25) is 0 Å². The van der Waals surface area contributed by atoms with Gasteiger partial charge in [-0.05, 0) is 56.2 Å². The van der Waals surface area contributed by atoms with E-state index in [1.165, 1.54) is 6.07 Å². The molecule has 0 spiro atoms. The maximum atomic E-state index is 12.9. The summed E-state index contributed by atoms with van der Waals surface area (Å²) >= 11 is 0. The molecule has 0 radical (unpaired) electrons. The smallest absolute Gasteiger partial charge is 0.270 e. The van der Waals surface area contributed by atoms with Crippen LogP contribution in [0.4, 0.5) is 11.5 Å². The largest absolute Gasteiger partial charge is 0.481 e. The molecule has 0 aliphatic heterocycles. The van der Waals surface area contributed by atoms with Crippen molar-refractivity contribution in [2.75, 3.05) is 12.4 Å². The van der Waals surface area contributed by atoms with Gasteiger partial charge in [-0.2, -0.15) is 0 Å². The fourth-order valence-electron chi connectivity index (χ4n) is 4.07. The highest BCUT2D eigenvalue weighted by atomic mass is 16.5. The zero-order chi connectivity index (χ0) is 28.9. The highest BCUT2D eigenvalue weighted by molar-refractivity contribution is 5.92. The van der Waals surface area contributed by atoms with E-state index in [9.17, 15) is 9.59 Å². The average molecular weight is 549 g/mol. The van der Waals surface area contributed by atoms with E-state index >= 15 is 0 Å². The molecular formula is C30H28N8O3. The third-order valence-electron chi connectivity index (χ3n) is 6.53. The first kappa shape index (κ1) is 27.1. The number of anilines is 2. The topological polar surface area (TPSA) is 148 Å². The number of pyridine rings is 4. The van der Waals surface area contributed by atoms with Gasteiger partial charge in [0.25, 0.3) is 5.91 Å². The number of rotatable bonds is 8. The molecule has 0 unspecified atom stereocenters. The van der Waals surface area contributed by atoms with E-state index in [4.69, 9.17) is 4.74 Å². The number of nitrogens with zero attached hydrogens (tertiary/aromatic N) is 5. The number of aryl methyl sites for hydroxylation is 2. The standard InChI is InChI=1S/C30H28N8O3/c1-17-11-25(30(40)35-14-20-5-7-24(32-13-20)21-6-8-27(41-4)34-15-21)33-16-23(17)29-36-19(3)18(2)28(38-29)37-22-9-10-31-26(39)12-22/h5-13,15-16H,14H2,1-4H3,(H,35,40)(H2,31,36,37,38,39). The molecule has 5 aromatic rings. The maximum absolute atomic E-state index is 12.9. The Hall–Kier alpha value is -5.45. The summed E-state index contributed by atoms with van der Waals surface area (Å²) < 4.78 is 5.09. The molecule has 0 bridgehead atoms. The van der Waals surface area contributed by atoms with Gasteiger partial charge in [0.05, 0.1) is 12.8 Å². The van der Waals surface area contributed by atoms with Crippen molar-refractivity contribution in [2.24, 2.45) is 0 Å². The molecule has 5 rings (SSSR count). The monoisotopic (exact) mass is 548 g/mol. The Kier molecular flexibility index (Phi) is 7.77. The minimum atomic E-state index is -0.305. The minimum absolute atomic E-state index is 0.216. The van der Waals surface area contributed by atoms with E-state index in [1.807, 2.05) is 39.0 Å². The summed E-state index contributed by atoms with van der Waals surface area (Å²) in [6.45, 7) is 5.98. The lowest BCUT2D eigenvalue weighted by atomic mass is 10.1. The maximum Gasteiger partial charge on any atom is 0.270 e. The zero-order valence-corrected chi connectivity index (χ0v) is 23.0. The summed E-state index contributed by atoms with van der Waals surface area (Å²) in [4.78, 5) is 49.5. The van der Waals surface area contributed by atoms with Gasteiger partial charge < -0.3 is 20.4 Å². The Morgan fingerprint density at radius 3 is 2.49 bits per heavy atom. The number of aromatic amines is 1. The number of aromatic nitrogens is 6. The molecule has 5 heterocycles. The van der Waals surface area contributed by atoms with Crippen LogP contribution in [0.25, 0.3) is 22.6 Å². The molecule has 5 aromatic heterocycles. The number of hydrogen-bond acceptors (Lipinski definition) is 9. The Morgan fingerprint density at radius 1 is 0.951 bits per heavy atom. The summed E-state index contributed by atoms with van der Waals surface area (Å²) in [6.07, 6.45) is 6.59. The van der Waals surface area contributed by atoms with Gasteiger partial charge in [0, 0.05) is 71.5 Å². The molecule has 1 amide bonds. The number of carbonyl (C=O) groups excluding carboxylic acids is 1. The van der Waals surface area contributed by atoms with Crippen LogP contribution in [0.15, 0.2) is 72.0 Å². The molecule has 0 aromatic carbocycles. The van der Waals surface area contributed by atoms with Crippen LogP contribution >= 0.6 is 0 Å². The summed E-state index contributed by atoms with van der Waals surface area (Å²) in [5, 5.41) is 6.09. The van der Waals surface area contributed by atoms with Crippen molar-refractivity contribution in [1.29, 1.82) is 0 Å². The summed E-state index contributed by atoms with van der Waals surface area (Å²) in [5.41, 5.74) is 6.31.